The second-order valence-electron chi connectivity index (χ2n) is 15.5. The molecule has 7 rings (SSSR count). The molecule has 0 nitrogen and oxygen atoms in total. The van der Waals surface area contributed by atoms with Crippen LogP contribution in [0.5, 0.6) is 0 Å². The number of rotatable bonds is 4. The van der Waals surface area contributed by atoms with Gasteiger partial charge in [-0.2, -0.15) is 0 Å². The van der Waals surface area contributed by atoms with Crippen LogP contribution in [0, 0.1) is 0 Å². The van der Waals surface area contributed by atoms with Crippen LogP contribution in [0.15, 0.2) is 106 Å². The first kappa shape index (κ1) is 30.8. The molecule has 3 aliphatic rings. The fourth-order valence-corrected chi connectivity index (χ4v) is 17.6. The molecule has 228 valence electrons. The summed E-state index contributed by atoms with van der Waals surface area (Å²) in [7, 11) is 0. The summed E-state index contributed by atoms with van der Waals surface area (Å²) in [6, 6.07) is 33.0. The quantitative estimate of drug-likeness (QED) is 0.203. The Kier molecular flexibility index (Phi) is 8.23. The molecular weight excluding hydrogens is 620 g/mol. The Morgan fingerprint density at radius 1 is 0.578 bits per heavy atom. The molecule has 0 saturated heterocycles. The van der Waals surface area contributed by atoms with Crippen molar-refractivity contribution in [1.29, 1.82) is 0 Å². The first-order valence-corrected chi connectivity index (χ1v) is 21.0. The van der Waals surface area contributed by atoms with Crippen LogP contribution < -0.4 is 0 Å². The van der Waals surface area contributed by atoms with Crippen molar-refractivity contribution >= 4 is 3.21 Å². The minimum absolute atomic E-state index is 0.0346. The molecule has 3 aliphatic carbocycles. The molecule has 0 aromatic heterocycles. The van der Waals surface area contributed by atoms with Gasteiger partial charge in [0.05, 0.1) is 0 Å². The first-order valence-electron chi connectivity index (χ1n) is 17.2. The van der Waals surface area contributed by atoms with Crippen molar-refractivity contribution in [3.63, 3.8) is 0 Å². The summed E-state index contributed by atoms with van der Waals surface area (Å²) in [6.45, 7) is 14.3. The summed E-state index contributed by atoms with van der Waals surface area (Å²) in [5.41, 5.74) is 14.8. The molecular formula is C44H48Zr. The van der Waals surface area contributed by atoms with Crippen molar-refractivity contribution in [2.24, 2.45) is 0 Å². The van der Waals surface area contributed by atoms with E-state index in [0.29, 0.717) is 3.63 Å². The van der Waals surface area contributed by atoms with Crippen molar-refractivity contribution in [1.82, 2.24) is 0 Å². The van der Waals surface area contributed by atoms with E-state index in [1.54, 1.807) is 14.4 Å². The molecule has 1 saturated carbocycles. The standard InChI is InChI=1S/C33H33.C6H10.C5H5.Zr/c1-32(2,3)30-20-26-24(18-28(30)22-13-9-7-10-14-22)17-25-19-29(23-15-11-8-12-16-23)31(21-27(25)26)33(4,5)6;1-2-4-6-5-3-1;1-2-4-5-3-1;/h7-21H,1-6H3;1-5H2;1-3H,4H2;. The normalized spacial score (nSPS) is 16.5. The zero-order valence-corrected chi connectivity index (χ0v) is 30.6. The van der Waals surface area contributed by atoms with Crippen LogP contribution in [0.4, 0.5) is 0 Å². The molecule has 0 amide bonds. The SMILES string of the molecule is CC(C)(C)c1cc2c(cc1-c1ccccc1)[CH]([Zr]([C]1=CC=CC1)=[C]1CCCCC1)c1cc(-c3ccccc3)c(C(C)(C)C)cc1-2. The van der Waals surface area contributed by atoms with Crippen molar-refractivity contribution in [2.75, 3.05) is 0 Å². The van der Waals surface area contributed by atoms with Gasteiger partial charge < -0.3 is 0 Å². The Bertz CT molecular complexity index is 1720. The van der Waals surface area contributed by atoms with Gasteiger partial charge in [-0.05, 0) is 0 Å². The second-order valence-corrected chi connectivity index (χ2v) is 22.3. The van der Waals surface area contributed by atoms with Gasteiger partial charge >= 0.3 is 281 Å². The third kappa shape index (κ3) is 5.80. The van der Waals surface area contributed by atoms with Crippen molar-refractivity contribution in [2.45, 2.75) is 94.5 Å². The summed E-state index contributed by atoms with van der Waals surface area (Å²) < 4.78 is 4.30. The van der Waals surface area contributed by atoms with E-state index in [9.17, 15) is 0 Å². The van der Waals surface area contributed by atoms with Gasteiger partial charge in [0.25, 0.3) is 0 Å². The van der Waals surface area contributed by atoms with Gasteiger partial charge in [0.1, 0.15) is 0 Å². The second kappa shape index (κ2) is 12.0. The molecule has 4 aromatic rings. The minimum atomic E-state index is -2.34. The summed E-state index contributed by atoms with van der Waals surface area (Å²) >= 11 is -2.34. The van der Waals surface area contributed by atoms with E-state index in [4.69, 9.17) is 0 Å². The molecule has 1 heteroatoms. The Morgan fingerprint density at radius 3 is 1.49 bits per heavy atom. The van der Waals surface area contributed by atoms with Crippen molar-refractivity contribution < 1.29 is 21.3 Å². The molecule has 1 fully saturated rings. The van der Waals surface area contributed by atoms with Crippen LogP contribution in [-0.4, -0.2) is 3.21 Å². The van der Waals surface area contributed by atoms with Gasteiger partial charge in [0, 0.05) is 0 Å². The fraction of sp³-hybridized carbons (Fsp3) is 0.341. The maximum atomic E-state index is 2.67. The average molecular weight is 668 g/mol. The summed E-state index contributed by atoms with van der Waals surface area (Å²) in [6.07, 6.45) is 15.3. The molecule has 0 unspecified atom stereocenters. The molecule has 0 heterocycles. The number of benzene rings is 4. The van der Waals surface area contributed by atoms with Gasteiger partial charge in [-0.3, -0.25) is 0 Å². The Morgan fingerprint density at radius 2 is 1.07 bits per heavy atom. The Hall–Kier alpha value is -2.89. The van der Waals surface area contributed by atoms with E-state index >= 15 is 0 Å². The van der Waals surface area contributed by atoms with E-state index in [1.807, 2.05) is 3.21 Å². The third-order valence-corrected chi connectivity index (χ3v) is 19.0. The molecule has 4 aromatic carbocycles. The van der Waals surface area contributed by atoms with Gasteiger partial charge in [-0.15, -0.1) is 0 Å². The van der Waals surface area contributed by atoms with Crippen molar-refractivity contribution in [3.05, 3.63) is 129 Å². The van der Waals surface area contributed by atoms with Crippen LogP contribution in [0.1, 0.15) is 106 Å². The van der Waals surface area contributed by atoms with Crippen LogP contribution in [-0.2, 0) is 32.1 Å². The van der Waals surface area contributed by atoms with Crippen LogP contribution in [0.2, 0.25) is 0 Å². The van der Waals surface area contributed by atoms with E-state index in [2.05, 4.69) is 145 Å². The monoisotopic (exact) mass is 666 g/mol. The first-order chi connectivity index (χ1) is 21.6. The van der Waals surface area contributed by atoms with E-state index in [0.717, 1.165) is 6.42 Å². The van der Waals surface area contributed by atoms with Gasteiger partial charge in [0.15, 0.2) is 0 Å². The number of hydrogen-bond donors (Lipinski definition) is 0. The number of allylic oxidation sites excluding steroid dienone is 4. The topological polar surface area (TPSA) is 0 Å². The van der Waals surface area contributed by atoms with Crippen LogP contribution >= 0.6 is 0 Å². The number of hydrogen-bond acceptors (Lipinski definition) is 0. The third-order valence-electron chi connectivity index (χ3n) is 10.3. The van der Waals surface area contributed by atoms with Gasteiger partial charge in [-0.25, -0.2) is 0 Å². The zero-order valence-electron chi connectivity index (χ0n) is 28.1. The average Bonchev–Trinajstić information content (AvgIpc) is 3.67. The Balaban J connectivity index is 1.58. The molecule has 45 heavy (non-hydrogen) atoms. The summed E-state index contributed by atoms with van der Waals surface area (Å²) in [5, 5.41) is 0. The van der Waals surface area contributed by atoms with E-state index in [1.165, 1.54) is 76.6 Å². The predicted molar refractivity (Wildman–Crippen MR) is 192 cm³/mol. The maximum absolute atomic E-state index is 2.67. The molecule has 0 bridgehead atoms. The zero-order chi connectivity index (χ0) is 31.3. The molecule has 0 aliphatic heterocycles. The van der Waals surface area contributed by atoms with Crippen LogP contribution in [0.3, 0.4) is 0 Å². The summed E-state index contributed by atoms with van der Waals surface area (Å²) in [5.74, 6) is 0. The fourth-order valence-electron chi connectivity index (χ4n) is 8.12. The summed E-state index contributed by atoms with van der Waals surface area (Å²) in [4.78, 5) is 0. The molecule has 0 radical (unpaired) electrons. The molecule has 0 spiro atoms. The Labute approximate surface area is 279 Å². The van der Waals surface area contributed by atoms with Crippen molar-refractivity contribution in [3.8, 4) is 33.4 Å². The van der Waals surface area contributed by atoms with Gasteiger partial charge in [0.2, 0.25) is 0 Å². The number of fused-ring (bicyclic) bond motifs is 3. The van der Waals surface area contributed by atoms with Gasteiger partial charge in [-0.1, -0.05) is 0 Å². The van der Waals surface area contributed by atoms with Crippen LogP contribution in [0.25, 0.3) is 33.4 Å². The predicted octanol–water partition coefficient (Wildman–Crippen LogP) is 12.3. The van der Waals surface area contributed by atoms with E-state index in [-0.39, 0.29) is 10.8 Å². The van der Waals surface area contributed by atoms with E-state index < -0.39 is 21.3 Å². The molecule has 0 atom stereocenters. The molecule has 0 N–H and O–H groups in total.